The van der Waals surface area contributed by atoms with Crippen molar-refractivity contribution in [3.63, 3.8) is 0 Å². The van der Waals surface area contributed by atoms with E-state index in [1.54, 1.807) is 6.20 Å². The molecule has 58 valence electrons. The molecule has 0 saturated carbocycles. The second-order valence-electron chi connectivity index (χ2n) is 2.51. The van der Waals surface area contributed by atoms with Gasteiger partial charge in [-0.25, -0.2) is 4.98 Å². The van der Waals surface area contributed by atoms with Gasteiger partial charge in [0.05, 0.1) is 6.61 Å². The Balaban J connectivity index is 2.43. The summed E-state index contributed by atoms with van der Waals surface area (Å²) in [5.41, 5.74) is 6.44. The highest BCUT2D eigenvalue weighted by Crippen LogP contribution is 2.20. The number of ether oxygens (including phenoxy) is 1. The van der Waals surface area contributed by atoms with Crippen LogP contribution in [0, 0.1) is 0 Å². The molecule has 0 radical (unpaired) electrons. The molecule has 0 aromatic carbocycles. The molecule has 0 aliphatic carbocycles. The van der Waals surface area contributed by atoms with Crippen molar-refractivity contribution in [3.05, 3.63) is 11.8 Å². The van der Waals surface area contributed by atoms with Crippen molar-refractivity contribution in [2.75, 3.05) is 12.3 Å². The summed E-state index contributed by atoms with van der Waals surface area (Å²) in [7, 11) is 0. The quantitative estimate of drug-likeness (QED) is 0.582. The Kier molecular flexibility index (Phi) is 1.38. The average molecular weight is 151 g/mol. The summed E-state index contributed by atoms with van der Waals surface area (Å²) in [4.78, 5) is 7.84. The van der Waals surface area contributed by atoms with E-state index in [1.807, 2.05) is 0 Å². The molecular weight excluding hydrogens is 142 g/mol. The molecule has 2 N–H and O–H groups in total. The second-order valence-corrected chi connectivity index (χ2v) is 2.51. The predicted molar refractivity (Wildman–Crippen MR) is 40.3 cm³/mol. The third kappa shape index (κ3) is 1.11. The Morgan fingerprint density at radius 2 is 2.45 bits per heavy atom. The van der Waals surface area contributed by atoms with Crippen LogP contribution >= 0.6 is 0 Å². The lowest BCUT2D eigenvalue weighted by atomic mass is 10.1. The number of nitrogens with zero attached hydrogens (tertiary/aromatic N) is 2. The number of nitrogens with two attached hydrogens (primary N) is 1. The molecule has 0 spiro atoms. The number of rotatable bonds is 0. The van der Waals surface area contributed by atoms with Gasteiger partial charge in [-0.15, -0.1) is 0 Å². The lowest BCUT2D eigenvalue weighted by Gasteiger charge is -2.14. The van der Waals surface area contributed by atoms with E-state index in [0.29, 0.717) is 5.88 Å². The van der Waals surface area contributed by atoms with Gasteiger partial charge in [-0.1, -0.05) is 0 Å². The molecule has 11 heavy (non-hydrogen) atoms. The topological polar surface area (TPSA) is 61.0 Å². The van der Waals surface area contributed by atoms with E-state index in [1.165, 1.54) is 0 Å². The first-order valence-corrected chi connectivity index (χ1v) is 3.60. The Bertz CT molecular complexity index is 274. The summed E-state index contributed by atoms with van der Waals surface area (Å²) in [5, 5.41) is 0. The first kappa shape index (κ1) is 6.39. The van der Waals surface area contributed by atoms with Crippen LogP contribution < -0.4 is 10.5 Å². The van der Waals surface area contributed by atoms with Crippen molar-refractivity contribution in [1.82, 2.24) is 9.97 Å². The van der Waals surface area contributed by atoms with Crippen molar-refractivity contribution in [2.24, 2.45) is 0 Å². The first-order chi connectivity index (χ1) is 5.36. The van der Waals surface area contributed by atoms with Gasteiger partial charge in [-0.05, 0) is 12.8 Å². The highest BCUT2D eigenvalue weighted by Gasteiger charge is 2.11. The van der Waals surface area contributed by atoms with Crippen molar-refractivity contribution >= 4 is 5.95 Å². The van der Waals surface area contributed by atoms with Gasteiger partial charge in [0.15, 0.2) is 0 Å². The van der Waals surface area contributed by atoms with E-state index in [4.69, 9.17) is 10.5 Å². The second kappa shape index (κ2) is 2.38. The van der Waals surface area contributed by atoms with E-state index in [9.17, 15) is 0 Å². The molecule has 0 amide bonds. The van der Waals surface area contributed by atoms with Crippen LogP contribution in [0.3, 0.4) is 0 Å². The van der Waals surface area contributed by atoms with E-state index in [2.05, 4.69) is 9.97 Å². The maximum atomic E-state index is 5.38. The zero-order chi connectivity index (χ0) is 7.68. The summed E-state index contributed by atoms with van der Waals surface area (Å²) >= 11 is 0. The van der Waals surface area contributed by atoms with Crippen LogP contribution in [0.4, 0.5) is 5.95 Å². The Labute approximate surface area is 64.4 Å². The fourth-order valence-electron chi connectivity index (χ4n) is 1.13. The van der Waals surface area contributed by atoms with Gasteiger partial charge in [0.25, 0.3) is 0 Å². The minimum Gasteiger partial charge on any atom is -0.477 e. The number of aryl methyl sites for hydroxylation is 1. The van der Waals surface area contributed by atoms with E-state index < -0.39 is 0 Å². The van der Waals surface area contributed by atoms with E-state index in [-0.39, 0.29) is 5.95 Å². The maximum Gasteiger partial charge on any atom is 0.223 e. The number of fused-ring (bicyclic) bond motifs is 1. The van der Waals surface area contributed by atoms with Crippen LogP contribution in [0.15, 0.2) is 6.20 Å². The van der Waals surface area contributed by atoms with Gasteiger partial charge < -0.3 is 10.5 Å². The average Bonchev–Trinajstić information content (AvgIpc) is 2.04. The van der Waals surface area contributed by atoms with Crippen molar-refractivity contribution < 1.29 is 4.74 Å². The summed E-state index contributed by atoms with van der Waals surface area (Å²) in [6, 6.07) is 0. The number of aromatic nitrogens is 2. The fraction of sp³-hybridized carbons (Fsp3) is 0.429. The van der Waals surface area contributed by atoms with Crippen LogP contribution in [0.2, 0.25) is 0 Å². The van der Waals surface area contributed by atoms with Gasteiger partial charge in [0.2, 0.25) is 11.8 Å². The smallest absolute Gasteiger partial charge is 0.223 e. The summed E-state index contributed by atoms with van der Waals surface area (Å²) in [6.45, 7) is 0.740. The van der Waals surface area contributed by atoms with Crippen molar-refractivity contribution in [1.29, 1.82) is 0 Å². The normalized spacial score (nSPS) is 15.3. The van der Waals surface area contributed by atoms with Gasteiger partial charge >= 0.3 is 0 Å². The van der Waals surface area contributed by atoms with Gasteiger partial charge in [-0.3, -0.25) is 0 Å². The molecule has 1 aromatic heterocycles. The van der Waals surface area contributed by atoms with E-state index in [0.717, 1.165) is 25.0 Å². The van der Waals surface area contributed by atoms with Gasteiger partial charge in [0.1, 0.15) is 0 Å². The van der Waals surface area contributed by atoms with Crippen LogP contribution in [-0.4, -0.2) is 16.6 Å². The number of hydrogen-bond donors (Lipinski definition) is 1. The summed E-state index contributed by atoms with van der Waals surface area (Å²) < 4.78 is 5.27. The van der Waals surface area contributed by atoms with Crippen LogP contribution in [0.1, 0.15) is 12.0 Å². The number of hydrogen-bond acceptors (Lipinski definition) is 4. The molecule has 0 saturated heterocycles. The standard InChI is InChI=1S/C7H9N3O/c8-7-9-4-5-2-1-3-11-6(5)10-7/h4H,1-3H2,(H2,8,9,10). The molecule has 1 aliphatic heterocycles. The van der Waals surface area contributed by atoms with Crippen molar-refractivity contribution in [3.8, 4) is 5.88 Å². The van der Waals surface area contributed by atoms with Crippen molar-refractivity contribution in [2.45, 2.75) is 12.8 Å². The molecule has 4 nitrogen and oxygen atoms in total. The molecule has 1 aliphatic rings. The number of anilines is 1. The molecule has 1 aromatic rings. The molecule has 0 fully saturated rings. The van der Waals surface area contributed by atoms with Gasteiger partial charge in [0, 0.05) is 11.8 Å². The fourth-order valence-corrected chi connectivity index (χ4v) is 1.13. The predicted octanol–water partition coefficient (Wildman–Crippen LogP) is 0.384. The van der Waals surface area contributed by atoms with E-state index >= 15 is 0 Å². The number of nitrogen functional groups attached to an aromatic ring is 1. The summed E-state index contributed by atoms with van der Waals surface area (Å²) in [5.74, 6) is 0.939. The molecule has 0 bridgehead atoms. The Morgan fingerprint density at radius 1 is 1.55 bits per heavy atom. The minimum absolute atomic E-state index is 0.283. The van der Waals surface area contributed by atoms with Crippen LogP contribution in [-0.2, 0) is 6.42 Å². The zero-order valence-corrected chi connectivity index (χ0v) is 6.08. The highest BCUT2D eigenvalue weighted by atomic mass is 16.5. The SMILES string of the molecule is Nc1ncc2c(n1)OCCC2. The third-order valence-electron chi connectivity index (χ3n) is 1.67. The largest absolute Gasteiger partial charge is 0.477 e. The molecule has 4 heteroatoms. The summed E-state index contributed by atoms with van der Waals surface area (Å²) in [6.07, 6.45) is 3.77. The third-order valence-corrected chi connectivity index (χ3v) is 1.67. The first-order valence-electron chi connectivity index (χ1n) is 3.60. The molecule has 0 atom stereocenters. The lowest BCUT2D eigenvalue weighted by Crippen LogP contribution is -2.11. The van der Waals surface area contributed by atoms with Crippen LogP contribution in [0.25, 0.3) is 0 Å². The molecule has 0 unspecified atom stereocenters. The highest BCUT2D eigenvalue weighted by molar-refractivity contribution is 5.31. The van der Waals surface area contributed by atoms with Crippen LogP contribution in [0.5, 0.6) is 5.88 Å². The van der Waals surface area contributed by atoms with Gasteiger partial charge in [-0.2, -0.15) is 4.98 Å². The monoisotopic (exact) mass is 151 g/mol. The molecule has 2 rings (SSSR count). The zero-order valence-electron chi connectivity index (χ0n) is 6.08. The maximum absolute atomic E-state index is 5.38. The lowest BCUT2D eigenvalue weighted by molar-refractivity contribution is 0.276. The Morgan fingerprint density at radius 3 is 3.36 bits per heavy atom. The Hall–Kier alpha value is -1.32. The molecular formula is C7H9N3O. The molecule has 2 heterocycles. The minimum atomic E-state index is 0.283.